The number of hydrogen-bond donors (Lipinski definition) is 2. The number of carbonyl (C=O) groups excluding carboxylic acids is 1. The van der Waals surface area contributed by atoms with Crippen LogP contribution in [0.4, 0.5) is 0 Å². The summed E-state index contributed by atoms with van der Waals surface area (Å²) in [4.78, 5) is 10.6. The summed E-state index contributed by atoms with van der Waals surface area (Å²) in [5.41, 5.74) is 5.11. The first-order valence-corrected chi connectivity index (χ1v) is 4.86. The second kappa shape index (κ2) is 3.97. The average molecular weight is 174 g/mol. The van der Waals surface area contributed by atoms with Gasteiger partial charge in [-0.05, 0) is 31.7 Å². The van der Waals surface area contributed by atoms with Gasteiger partial charge in [0.1, 0.15) is 0 Å². The summed E-state index contributed by atoms with van der Waals surface area (Å²) < 4.78 is 0. The first kappa shape index (κ1) is 8.87. The third-order valence-corrected chi connectivity index (χ3v) is 3.24. The molecule has 64 valence electrons. The van der Waals surface area contributed by atoms with E-state index in [4.69, 9.17) is 5.73 Å². The van der Waals surface area contributed by atoms with Gasteiger partial charge in [0, 0.05) is 0 Å². The first-order chi connectivity index (χ1) is 5.20. The maximum absolute atomic E-state index is 10.6. The zero-order valence-electron chi connectivity index (χ0n) is 6.67. The lowest BCUT2D eigenvalue weighted by Crippen LogP contribution is -2.43. The van der Waals surface area contributed by atoms with Crippen molar-refractivity contribution >= 4 is 17.7 Å². The summed E-state index contributed by atoms with van der Waals surface area (Å²) in [6, 6.07) is 0. The minimum Gasteiger partial charge on any atom is -0.369 e. The van der Waals surface area contributed by atoms with Gasteiger partial charge >= 0.3 is 0 Å². The monoisotopic (exact) mass is 174 g/mol. The molecule has 11 heavy (non-hydrogen) atoms. The minimum absolute atomic E-state index is 0.0319. The molecule has 3 N–H and O–H groups in total. The Morgan fingerprint density at radius 3 is 2.82 bits per heavy atom. The van der Waals surface area contributed by atoms with Crippen LogP contribution < -0.4 is 11.1 Å². The number of primary amides is 1. The van der Waals surface area contributed by atoms with E-state index in [1.807, 2.05) is 6.92 Å². The fourth-order valence-electron chi connectivity index (χ4n) is 0.829. The van der Waals surface area contributed by atoms with Crippen LogP contribution in [0.15, 0.2) is 0 Å². The van der Waals surface area contributed by atoms with Gasteiger partial charge in [-0.3, -0.25) is 4.79 Å². The highest BCUT2D eigenvalue weighted by atomic mass is 32.2. The Kier molecular flexibility index (Phi) is 3.20. The van der Waals surface area contributed by atoms with Gasteiger partial charge < -0.3 is 11.1 Å². The van der Waals surface area contributed by atoms with Gasteiger partial charge in [-0.1, -0.05) is 0 Å². The smallest absolute Gasteiger partial charge is 0.230 e. The summed E-state index contributed by atoms with van der Waals surface area (Å²) in [6.07, 6.45) is 0. The van der Waals surface area contributed by atoms with Gasteiger partial charge in [-0.2, -0.15) is 0 Å². The molecule has 1 rings (SSSR count). The molecule has 4 heteroatoms. The zero-order valence-corrected chi connectivity index (χ0v) is 7.49. The number of amides is 1. The Morgan fingerprint density at radius 2 is 2.45 bits per heavy atom. The molecule has 3 nitrogen and oxygen atoms in total. The molecule has 1 atom stereocenters. The van der Waals surface area contributed by atoms with Crippen molar-refractivity contribution < 1.29 is 4.79 Å². The molecule has 1 unspecified atom stereocenters. The Balaban J connectivity index is 2.05. The fourth-order valence-corrected chi connectivity index (χ4v) is 1.79. The van der Waals surface area contributed by atoms with Crippen LogP contribution in [0.25, 0.3) is 0 Å². The van der Waals surface area contributed by atoms with E-state index < -0.39 is 0 Å². The van der Waals surface area contributed by atoms with Crippen molar-refractivity contribution in [1.82, 2.24) is 5.32 Å². The largest absolute Gasteiger partial charge is 0.369 e. The summed E-state index contributed by atoms with van der Waals surface area (Å²) in [6.45, 7) is 4.05. The second-order valence-corrected chi connectivity index (χ2v) is 4.28. The molecule has 1 heterocycles. The first-order valence-electron chi connectivity index (χ1n) is 3.82. The molecule has 0 aromatic rings. The molecule has 1 aliphatic heterocycles. The van der Waals surface area contributed by atoms with Crippen molar-refractivity contribution in [2.24, 2.45) is 11.7 Å². The molecule has 0 aliphatic carbocycles. The summed E-state index contributed by atoms with van der Waals surface area (Å²) in [7, 11) is 0. The van der Waals surface area contributed by atoms with Crippen molar-refractivity contribution in [3.05, 3.63) is 0 Å². The number of thioether (sulfide) groups is 1. The van der Waals surface area contributed by atoms with Crippen molar-refractivity contribution in [2.45, 2.75) is 12.2 Å². The molecule has 1 aliphatic rings. The van der Waals surface area contributed by atoms with E-state index in [9.17, 15) is 4.79 Å². The Morgan fingerprint density at radius 1 is 1.82 bits per heavy atom. The molecular weight excluding hydrogens is 160 g/mol. The molecule has 0 radical (unpaired) electrons. The van der Waals surface area contributed by atoms with Crippen molar-refractivity contribution in [1.29, 1.82) is 0 Å². The van der Waals surface area contributed by atoms with Crippen LogP contribution in [0.3, 0.4) is 0 Å². The van der Waals surface area contributed by atoms with E-state index in [2.05, 4.69) is 5.32 Å². The van der Waals surface area contributed by atoms with Gasteiger partial charge in [-0.25, -0.2) is 0 Å². The third-order valence-electron chi connectivity index (χ3n) is 1.85. The van der Waals surface area contributed by atoms with Crippen molar-refractivity contribution in [2.75, 3.05) is 18.8 Å². The maximum Gasteiger partial charge on any atom is 0.230 e. The van der Waals surface area contributed by atoms with E-state index in [1.54, 1.807) is 11.8 Å². The summed E-state index contributed by atoms with van der Waals surface area (Å²) >= 11 is 1.65. The molecule has 0 aromatic carbocycles. The van der Waals surface area contributed by atoms with Crippen LogP contribution in [-0.4, -0.2) is 30.0 Å². The molecule has 1 fully saturated rings. The Hall–Kier alpha value is -0.220. The quantitative estimate of drug-likeness (QED) is 0.621. The van der Waals surface area contributed by atoms with Gasteiger partial charge in [0.15, 0.2) is 0 Å². The lowest BCUT2D eigenvalue weighted by molar-refractivity contribution is -0.117. The average Bonchev–Trinajstić information content (AvgIpc) is 1.83. The summed E-state index contributed by atoms with van der Waals surface area (Å²) in [5.74, 6) is 1.60. The molecule has 0 aromatic heterocycles. The predicted octanol–water partition coefficient (Wildman–Crippen LogP) is -0.187. The van der Waals surface area contributed by atoms with Gasteiger partial charge in [0.05, 0.1) is 5.25 Å². The molecule has 0 saturated carbocycles. The van der Waals surface area contributed by atoms with Gasteiger partial charge in [0.2, 0.25) is 5.91 Å². The normalized spacial score (nSPS) is 20.8. The lowest BCUT2D eigenvalue weighted by atomic mass is 10.1. The standard InChI is InChI=1S/C7H14N2OS/c1-5(7(8)10)11-4-6-2-9-3-6/h5-6,9H,2-4H2,1H3,(H2,8,10). The Bertz CT molecular complexity index is 147. The van der Waals surface area contributed by atoms with Crippen LogP contribution in [0, 0.1) is 5.92 Å². The highest BCUT2D eigenvalue weighted by Crippen LogP contribution is 2.16. The van der Waals surface area contributed by atoms with E-state index in [0.29, 0.717) is 0 Å². The van der Waals surface area contributed by atoms with E-state index in [0.717, 1.165) is 24.8 Å². The third kappa shape index (κ3) is 2.71. The number of hydrogen-bond acceptors (Lipinski definition) is 3. The number of nitrogens with one attached hydrogen (secondary N) is 1. The van der Waals surface area contributed by atoms with Crippen LogP contribution >= 0.6 is 11.8 Å². The van der Waals surface area contributed by atoms with E-state index >= 15 is 0 Å². The second-order valence-electron chi connectivity index (χ2n) is 2.90. The fraction of sp³-hybridized carbons (Fsp3) is 0.857. The van der Waals surface area contributed by atoms with Crippen LogP contribution in [0.5, 0.6) is 0 Å². The van der Waals surface area contributed by atoms with Crippen molar-refractivity contribution in [3.8, 4) is 0 Å². The SMILES string of the molecule is CC(SCC1CNC1)C(N)=O. The molecule has 0 bridgehead atoms. The van der Waals surface area contributed by atoms with Crippen LogP contribution in [-0.2, 0) is 4.79 Å². The predicted molar refractivity (Wildman–Crippen MR) is 47.5 cm³/mol. The highest BCUT2D eigenvalue weighted by Gasteiger charge is 2.18. The summed E-state index contributed by atoms with van der Waals surface area (Å²) in [5, 5.41) is 3.15. The van der Waals surface area contributed by atoms with E-state index in [1.165, 1.54) is 0 Å². The van der Waals surface area contributed by atoms with Crippen LogP contribution in [0.2, 0.25) is 0 Å². The highest BCUT2D eigenvalue weighted by molar-refractivity contribution is 8.00. The maximum atomic E-state index is 10.6. The zero-order chi connectivity index (χ0) is 8.27. The Labute approximate surface area is 71.1 Å². The van der Waals surface area contributed by atoms with E-state index in [-0.39, 0.29) is 11.2 Å². The molecular formula is C7H14N2OS. The number of carbonyl (C=O) groups is 1. The molecule has 1 amide bonds. The lowest BCUT2D eigenvalue weighted by Gasteiger charge is -2.27. The van der Waals surface area contributed by atoms with Gasteiger partial charge in [-0.15, -0.1) is 11.8 Å². The number of rotatable bonds is 4. The number of nitrogens with two attached hydrogens (primary N) is 1. The molecule has 0 spiro atoms. The minimum atomic E-state index is -0.206. The van der Waals surface area contributed by atoms with Gasteiger partial charge in [0.25, 0.3) is 0 Å². The van der Waals surface area contributed by atoms with Crippen molar-refractivity contribution in [3.63, 3.8) is 0 Å². The van der Waals surface area contributed by atoms with Crippen LogP contribution in [0.1, 0.15) is 6.92 Å². The molecule has 1 saturated heterocycles. The topological polar surface area (TPSA) is 55.1 Å².